The van der Waals surface area contributed by atoms with E-state index in [2.05, 4.69) is 15.5 Å². The van der Waals surface area contributed by atoms with Crippen molar-refractivity contribution in [2.45, 2.75) is 88.9 Å². The van der Waals surface area contributed by atoms with Gasteiger partial charge in [0.2, 0.25) is 11.8 Å². The minimum atomic E-state index is -0.353. The Morgan fingerprint density at radius 1 is 1.00 bits per heavy atom. The van der Waals surface area contributed by atoms with E-state index in [1.165, 1.54) is 19.3 Å². The number of carbonyl (C=O) groups is 2. The molecule has 3 rings (SSSR count). The summed E-state index contributed by atoms with van der Waals surface area (Å²) in [7, 11) is 0. The molecule has 1 aliphatic carbocycles. The predicted octanol–water partition coefficient (Wildman–Crippen LogP) is 1.58. The van der Waals surface area contributed by atoms with Gasteiger partial charge in [-0.3, -0.25) is 9.59 Å². The predicted molar refractivity (Wildman–Crippen MR) is 111 cm³/mol. The van der Waals surface area contributed by atoms with Crippen LogP contribution >= 0.6 is 0 Å². The summed E-state index contributed by atoms with van der Waals surface area (Å²) in [6.45, 7) is 3.59. The molecule has 0 radical (unpaired) electrons. The van der Waals surface area contributed by atoms with Crippen molar-refractivity contribution in [2.24, 2.45) is 5.92 Å². The Kier molecular flexibility index (Phi) is 9.21. The van der Waals surface area contributed by atoms with Crippen LogP contribution in [-0.2, 0) is 14.3 Å². The average Bonchev–Trinajstić information content (AvgIpc) is 3.29. The second kappa shape index (κ2) is 11.9. The highest BCUT2D eigenvalue weighted by Gasteiger charge is 2.33. The topological polar surface area (TPSA) is 90.9 Å². The number of nitrogens with one attached hydrogen (secondary N) is 2. The molecule has 3 atom stereocenters. The number of ether oxygens (including phenoxy) is 1. The van der Waals surface area contributed by atoms with Gasteiger partial charge < -0.3 is 25.4 Å². The zero-order valence-electron chi connectivity index (χ0n) is 17.7. The maximum absolute atomic E-state index is 12.4. The first kappa shape index (κ1) is 22.5. The molecule has 29 heavy (non-hydrogen) atoms. The smallest absolute Gasteiger partial charge is 0.223 e. The molecule has 0 bridgehead atoms. The van der Waals surface area contributed by atoms with Gasteiger partial charge in [0.1, 0.15) is 6.10 Å². The number of likely N-dealkylation sites (tertiary alicyclic amines) is 1. The molecule has 0 unspecified atom stereocenters. The molecule has 0 aromatic rings. The lowest BCUT2D eigenvalue weighted by atomic mass is 9.96. The molecule has 2 saturated heterocycles. The highest BCUT2D eigenvalue weighted by Crippen LogP contribution is 2.26. The fraction of sp³-hybridized carbons (Fsp3) is 0.909. The van der Waals surface area contributed by atoms with Gasteiger partial charge in [0.05, 0.1) is 18.8 Å². The number of rotatable bonds is 9. The van der Waals surface area contributed by atoms with Gasteiger partial charge in [-0.15, -0.1) is 0 Å². The molecule has 2 heterocycles. The molecule has 3 aliphatic rings. The Balaban J connectivity index is 1.30. The summed E-state index contributed by atoms with van der Waals surface area (Å²) in [6.07, 6.45) is 10.6. The summed E-state index contributed by atoms with van der Waals surface area (Å²) in [5.41, 5.74) is 0. The highest BCUT2D eigenvalue weighted by molar-refractivity contribution is 5.79. The van der Waals surface area contributed by atoms with E-state index in [4.69, 9.17) is 4.74 Å². The van der Waals surface area contributed by atoms with Crippen LogP contribution in [0.2, 0.25) is 0 Å². The van der Waals surface area contributed by atoms with Crippen molar-refractivity contribution < 1.29 is 19.4 Å². The van der Waals surface area contributed by atoms with E-state index in [9.17, 15) is 14.7 Å². The molecule has 166 valence electrons. The Bertz CT molecular complexity index is 518. The fourth-order valence-electron chi connectivity index (χ4n) is 4.90. The van der Waals surface area contributed by atoms with E-state index < -0.39 is 0 Å². The monoisotopic (exact) mass is 409 g/mol. The molecule has 2 aliphatic heterocycles. The number of piperidine rings is 1. The number of aliphatic hydroxyl groups excluding tert-OH is 1. The number of carbonyl (C=O) groups excluding carboxylic acids is 2. The van der Waals surface area contributed by atoms with Crippen LogP contribution in [0.25, 0.3) is 0 Å². The normalized spacial score (nSPS) is 28.9. The lowest BCUT2D eigenvalue weighted by molar-refractivity contribution is -0.132. The van der Waals surface area contributed by atoms with Crippen molar-refractivity contribution in [3.8, 4) is 0 Å². The van der Waals surface area contributed by atoms with Crippen LogP contribution in [0, 0.1) is 5.92 Å². The minimum Gasteiger partial charge on any atom is -0.394 e. The van der Waals surface area contributed by atoms with Crippen molar-refractivity contribution in [1.29, 1.82) is 0 Å². The molecule has 0 aromatic heterocycles. The van der Waals surface area contributed by atoms with Crippen LogP contribution in [-0.4, -0.2) is 72.9 Å². The van der Waals surface area contributed by atoms with Crippen molar-refractivity contribution in [3.63, 3.8) is 0 Å². The van der Waals surface area contributed by atoms with Crippen LogP contribution in [0.5, 0.6) is 0 Å². The van der Waals surface area contributed by atoms with Crippen LogP contribution in [0.1, 0.15) is 70.6 Å². The van der Waals surface area contributed by atoms with Gasteiger partial charge in [0.25, 0.3) is 0 Å². The summed E-state index contributed by atoms with van der Waals surface area (Å²) in [5.74, 6) is 0.355. The first-order chi connectivity index (χ1) is 14.2. The molecule has 3 fully saturated rings. The largest absolute Gasteiger partial charge is 0.394 e. The van der Waals surface area contributed by atoms with Gasteiger partial charge in [-0.2, -0.15) is 0 Å². The van der Waals surface area contributed by atoms with Crippen LogP contribution in [0.15, 0.2) is 0 Å². The molecule has 2 amide bonds. The van der Waals surface area contributed by atoms with E-state index in [-0.39, 0.29) is 42.6 Å². The molecule has 3 N–H and O–H groups in total. The number of nitrogens with zero attached hydrogens (tertiary/aromatic N) is 1. The lowest BCUT2D eigenvalue weighted by Crippen LogP contribution is -2.52. The molecule has 7 heteroatoms. The summed E-state index contributed by atoms with van der Waals surface area (Å²) in [4.78, 5) is 26.8. The SMILES string of the molecule is O=C(CCN1CCCCC1)NCC[C@H]1CC[C@@H](NC(=O)C2CCCC2)[C@@H](CO)O1. The second-order valence-electron chi connectivity index (χ2n) is 8.94. The van der Waals surface area contributed by atoms with E-state index in [1.54, 1.807) is 0 Å². The van der Waals surface area contributed by atoms with E-state index >= 15 is 0 Å². The highest BCUT2D eigenvalue weighted by atomic mass is 16.5. The van der Waals surface area contributed by atoms with Crippen molar-refractivity contribution in [1.82, 2.24) is 15.5 Å². The maximum Gasteiger partial charge on any atom is 0.223 e. The molecule has 0 aromatic carbocycles. The Labute approximate surface area is 174 Å². The zero-order valence-corrected chi connectivity index (χ0v) is 17.7. The number of amides is 2. The van der Waals surface area contributed by atoms with E-state index in [0.29, 0.717) is 13.0 Å². The van der Waals surface area contributed by atoms with E-state index in [1.807, 2.05) is 0 Å². The van der Waals surface area contributed by atoms with Gasteiger partial charge >= 0.3 is 0 Å². The Morgan fingerprint density at radius 2 is 1.76 bits per heavy atom. The molecule has 7 nitrogen and oxygen atoms in total. The standard InChI is InChI=1S/C22H39N3O4/c26-16-20-19(24-22(28)17-6-2-3-7-17)9-8-18(29-20)10-12-23-21(27)11-15-25-13-4-1-5-14-25/h17-20,26H,1-16H2,(H,23,27)(H,24,28)/t18-,19-,20-/m1/s1. The maximum atomic E-state index is 12.4. The first-order valence-electron chi connectivity index (χ1n) is 11.7. The first-order valence-corrected chi connectivity index (χ1v) is 11.7. The third-order valence-electron chi connectivity index (χ3n) is 6.74. The third-order valence-corrected chi connectivity index (χ3v) is 6.74. The Hall–Kier alpha value is -1.18. The number of aliphatic hydroxyl groups is 1. The number of hydrogen-bond donors (Lipinski definition) is 3. The minimum absolute atomic E-state index is 0.0224. The quantitative estimate of drug-likeness (QED) is 0.538. The number of hydrogen-bond acceptors (Lipinski definition) is 5. The second-order valence-corrected chi connectivity index (χ2v) is 8.94. The zero-order chi connectivity index (χ0) is 20.5. The summed E-state index contributed by atoms with van der Waals surface area (Å²) < 4.78 is 6.02. The van der Waals surface area contributed by atoms with Gasteiger partial charge in [-0.1, -0.05) is 19.3 Å². The summed E-state index contributed by atoms with van der Waals surface area (Å²) in [6, 6.07) is -0.108. The average molecular weight is 410 g/mol. The summed E-state index contributed by atoms with van der Waals surface area (Å²) in [5, 5.41) is 15.8. The van der Waals surface area contributed by atoms with Gasteiger partial charge in [-0.05, 0) is 58.0 Å². The van der Waals surface area contributed by atoms with Crippen LogP contribution < -0.4 is 10.6 Å². The molecular formula is C22H39N3O4. The van der Waals surface area contributed by atoms with Gasteiger partial charge in [0.15, 0.2) is 0 Å². The van der Waals surface area contributed by atoms with Crippen molar-refractivity contribution in [2.75, 3.05) is 32.8 Å². The lowest BCUT2D eigenvalue weighted by Gasteiger charge is -2.36. The van der Waals surface area contributed by atoms with Crippen LogP contribution in [0.3, 0.4) is 0 Å². The van der Waals surface area contributed by atoms with Crippen molar-refractivity contribution in [3.05, 3.63) is 0 Å². The molecule has 1 saturated carbocycles. The van der Waals surface area contributed by atoms with Gasteiger partial charge in [-0.25, -0.2) is 0 Å². The third kappa shape index (κ3) is 7.23. The fourth-order valence-corrected chi connectivity index (χ4v) is 4.90. The van der Waals surface area contributed by atoms with Crippen LogP contribution in [0.4, 0.5) is 0 Å². The van der Waals surface area contributed by atoms with Gasteiger partial charge in [0, 0.05) is 25.4 Å². The van der Waals surface area contributed by atoms with Crippen molar-refractivity contribution >= 4 is 11.8 Å². The molecular weight excluding hydrogens is 370 g/mol. The Morgan fingerprint density at radius 3 is 2.48 bits per heavy atom. The molecule has 0 spiro atoms. The van der Waals surface area contributed by atoms with E-state index in [0.717, 1.165) is 64.6 Å². The summed E-state index contributed by atoms with van der Waals surface area (Å²) >= 11 is 0.